The van der Waals surface area contributed by atoms with Crippen LogP contribution in [0.25, 0.3) is 0 Å². The highest BCUT2D eigenvalue weighted by Gasteiger charge is 2.03. The molecule has 1 aromatic carbocycles. The van der Waals surface area contributed by atoms with Crippen molar-refractivity contribution < 1.29 is 14.5 Å². The van der Waals surface area contributed by atoms with E-state index in [1.54, 1.807) is 12.1 Å². The van der Waals surface area contributed by atoms with Crippen LogP contribution in [-0.4, -0.2) is 24.5 Å². The molecule has 0 spiro atoms. The molecule has 0 aromatic heterocycles. The number of methoxy groups -OCH3 is 1. The van der Waals surface area contributed by atoms with Gasteiger partial charge in [-0.05, 0) is 25.0 Å². The van der Waals surface area contributed by atoms with Crippen molar-refractivity contribution in [2.24, 2.45) is 0 Å². The van der Waals surface area contributed by atoms with Crippen LogP contribution in [0.3, 0.4) is 0 Å². The second kappa shape index (κ2) is 8.07. The fraction of sp³-hybridized carbons (Fsp3) is 0.462. The third-order valence-electron chi connectivity index (χ3n) is 2.69. The lowest BCUT2D eigenvalue weighted by molar-refractivity contribution is -0.384. The lowest BCUT2D eigenvalue weighted by Gasteiger charge is -2.05. The van der Waals surface area contributed by atoms with Crippen molar-refractivity contribution in [3.05, 3.63) is 34.4 Å². The lowest BCUT2D eigenvalue weighted by Crippen LogP contribution is -2.03. The number of benzene rings is 1. The zero-order valence-corrected chi connectivity index (χ0v) is 10.9. The summed E-state index contributed by atoms with van der Waals surface area (Å²) in [4.78, 5) is 20.9. The van der Waals surface area contributed by atoms with E-state index in [4.69, 9.17) is 0 Å². The molecule has 6 nitrogen and oxygen atoms in total. The maximum Gasteiger partial charge on any atom is 0.305 e. The number of hydrogen-bond donors (Lipinski definition) is 1. The number of nitrogens with one attached hydrogen (secondary N) is 1. The van der Waals surface area contributed by atoms with Crippen LogP contribution in [0, 0.1) is 10.1 Å². The number of carbonyl (C=O) groups is 1. The summed E-state index contributed by atoms with van der Waals surface area (Å²) in [6, 6.07) is 6.32. The number of hydrogen-bond acceptors (Lipinski definition) is 5. The van der Waals surface area contributed by atoms with E-state index in [0.717, 1.165) is 31.5 Å². The number of ether oxygens (including phenoxy) is 1. The fourth-order valence-corrected chi connectivity index (χ4v) is 1.61. The van der Waals surface area contributed by atoms with Crippen molar-refractivity contribution in [2.45, 2.75) is 25.7 Å². The van der Waals surface area contributed by atoms with Crippen molar-refractivity contribution >= 4 is 17.3 Å². The van der Waals surface area contributed by atoms with Crippen molar-refractivity contribution in [1.29, 1.82) is 0 Å². The maximum absolute atomic E-state index is 10.9. The predicted molar refractivity (Wildman–Crippen MR) is 72.1 cm³/mol. The normalized spacial score (nSPS) is 9.95. The summed E-state index contributed by atoms with van der Waals surface area (Å²) in [6.45, 7) is 0.777. The Kier molecular flexibility index (Phi) is 6.35. The number of nitro groups is 1. The Balaban J connectivity index is 2.15. The highest BCUT2D eigenvalue weighted by Crippen LogP contribution is 2.15. The number of unbranched alkanes of at least 4 members (excludes halogenated alkanes) is 2. The molecule has 1 rings (SSSR count). The summed E-state index contributed by atoms with van der Waals surface area (Å²) in [7, 11) is 1.39. The van der Waals surface area contributed by atoms with E-state index in [1.807, 2.05) is 0 Å². The van der Waals surface area contributed by atoms with Gasteiger partial charge < -0.3 is 10.1 Å². The largest absolute Gasteiger partial charge is 0.469 e. The third kappa shape index (κ3) is 5.85. The molecule has 0 saturated carbocycles. The van der Waals surface area contributed by atoms with Gasteiger partial charge >= 0.3 is 5.97 Å². The van der Waals surface area contributed by atoms with Crippen LogP contribution in [0.2, 0.25) is 0 Å². The molecule has 0 atom stereocenters. The molecule has 0 radical (unpaired) electrons. The van der Waals surface area contributed by atoms with Gasteiger partial charge in [-0.3, -0.25) is 14.9 Å². The zero-order chi connectivity index (χ0) is 14.1. The van der Waals surface area contributed by atoms with Crippen LogP contribution in [0.4, 0.5) is 11.4 Å². The van der Waals surface area contributed by atoms with Gasteiger partial charge in [0.2, 0.25) is 0 Å². The van der Waals surface area contributed by atoms with Gasteiger partial charge in [-0.15, -0.1) is 0 Å². The molecule has 0 saturated heterocycles. The Morgan fingerprint density at radius 2 is 1.95 bits per heavy atom. The summed E-state index contributed by atoms with van der Waals surface area (Å²) in [5.41, 5.74) is 0.946. The van der Waals surface area contributed by atoms with Crippen LogP contribution in [0.1, 0.15) is 25.7 Å². The monoisotopic (exact) mass is 266 g/mol. The van der Waals surface area contributed by atoms with Crippen LogP contribution in [0.15, 0.2) is 24.3 Å². The zero-order valence-electron chi connectivity index (χ0n) is 10.9. The Bertz CT molecular complexity index is 417. The molecule has 0 fully saturated rings. The number of nitro benzene ring substituents is 1. The first kappa shape index (κ1) is 14.9. The van der Waals surface area contributed by atoms with E-state index in [1.165, 1.54) is 19.2 Å². The molecule has 0 bridgehead atoms. The topological polar surface area (TPSA) is 81.5 Å². The quantitative estimate of drug-likeness (QED) is 0.338. The number of esters is 1. The van der Waals surface area contributed by atoms with Gasteiger partial charge in [0, 0.05) is 30.8 Å². The van der Waals surface area contributed by atoms with Crippen molar-refractivity contribution in [1.82, 2.24) is 0 Å². The van der Waals surface area contributed by atoms with E-state index < -0.39 is 4.92 Å². The Hall–Kier alpha value is -2.11. The van der Waals surface area contributed by atoms with E-state index in [2.05, 4.69) is 10.1 Å². The second-order valence-corrected chi connectivity index (χ2v) is 4.12. The first-order valence-electron chi connectivity index (χ1n) is 6.18. The Morgan fingerprint density at radius 3 is 2.53 bits per heavy atom. The predicted octanol–water partition coefficient (Wildman–Crippen LogP) is 2.74. The standard InChI is InChI=1S/C13H18N2O4/c1-19-13(16)5-3-2-4-10-14-11-6-8-12(9-7-11)15(17)18/h6-9,14H,2-5,10H2,1H3. The number of rotatable bonds is 8. The highest BCUT2D eigenvalue weighted by molar-refractivity contribution is 5.68. The summed E-state index contributed by atoms with van der Waals surface area (Å²) >= 11 is 0. The molecule has 0 aliphatic carbocycles. The number of nitrogens with zero attached hydrogens (tertiary/aromatic N) is 1. The molecular weight excluding hydrogens is 248 g/mol. The Morgan fingerprint density at radius 1 is 1.26 bits per heavy atom. The van der Waals surface area contributed by atoms with E-state index in [-0.39, 0.29) is 11.7 Å². The molecule has 19 heavy (non-hydrogen) atoms. The molecule has 6 heteroatoms. The van der Waals surface area contributed by atoms with Gasteiger partial charge in [-0.25, -0.2) is 0 Å². The Labute approximate surface area is 111 Å². The first-order valence-corrected chi connectivity index (χ1v) is 6.18. The van der Waals surface area contributed by atoms with Gasteiger partial charge in [-0.1, -0.05) is 6.42 Å². The molecule has 0 heterocycles. The minimum absolute atomic E-state index is 0.0867. The lowest BCUT2D eigenvalue weighted by atomic mass is 10.2. The van der Waals surface area contributed by atoms with E-state index in [9.17, 15) is 14.9 Å². The molecule has 104 valence electrons. The average molecular weight is 266 g/mol. The molecule has 0 amide bonds. The van der Waals surface area contributed by atoms with Gasteiger partial charge in [0.1, 0.15) is 0 Å². The number of carbonyl (C=O) groups excluding carboxylic acids is 1. The first-order chi connectivity index (χ1) is 9.13. The van der Waals surface area contributed by atoms with Gasteiger partial charge in [0.05, 0.1) is 12.0 Å². The molecule has 0 unspecified atom stereocenters. The third-order valence-corrected chi connectivity index (χ3v) is 2.69. The van der Waals surface area contributed by atoms with Gasteiger partial charge in [0.25, 0.3) is 5.69 Å². The number of anilines is 1. The summed E-state index contributed by atoms with van der Waals surface area (Å²) < 4.78 is 4.55. The highest BCUT2D eigenvalue weighted by atomic mass is 16.6. The number of non-ortho nitro benzene ring substituents is 1. The SMILES string of the molecule is COC(=O)CCCCCNc1ccc([N+](=O)[O-])cc1. The van der Waals surface area contributed by atoms with E-state index in [0.29, 0.717) is 6.42 Å². The average Bonchev–Trinajstić information content (AvgIpc) is 2.42. The molecule has 1 aromatic rings. The van der Waals surface area contributed by atoms with E-state index >= 15 is 0 Å². The minimum Gasteiger partial charge on any atom is -0.469 e. The van der Waals surface area contributed by atoms with Crippen LogP contribution in [0.5, 0.6) is 0 Å². The smallest absolute Gasteiger partial charge is 0.305 e. The summed E-state index contributed by atoms with van der Waals surface area (Å²) in [5.74, 6) is -0.177. The van der Waals surface area contributed by atoms with Crippen molar-refractivity contribution in [2.75, 3.05) is 19.0 Å². The van der Waals surface area contributed by atoms with Crippen molar-refractivity contribution in [3.8, 4) is 0 Å². The van der Waals surface area contributed by atoms with Crippen LogP contribution >= 0.6 is 0 Å². The molecule has 0 aliphatic heterocycles. The molecule has 0 aliphatic rings. The minimum atomic E-state index is -0.420. The van der Waals surface area contributed by atoms with Crippen LogP contribution in [-0.2, 0) is 9.53 Å². The second-order valence-electron chi connectivity index (χ2n) is 4.12. The van der Waals surface area contributed by atoms with Gasteiger partial charge in [0.15, 0.2) is 0 Å². The maximum atomic E-state index is 10.9. The summed E-state index contributed by atoms with van der Waals surface area (Å²) in [5, 5.41) is 13.6. The fourth-order valence-electron chi connectivity index (χ4n) is 1.61. The van der Waals surface area contributed by atoms with Crippen LogP contribution < -0.4 is 5.32 Å². The summed E-state index contributed by atoms with van der Waals surface area (Å²) in [6.07, 6.45) is 3.14. The molecular formula is C13H18N2O4. The van der Waals surface area contributed by atoms with Crippen molar-refractivity contribution in [3.63, 3.8) is 0 Å². The molecule has 1 N–H and O–H groups in total. The van der Waals surface area contributed by atoms with Gasteiger partial charge in [-0.2, -0.15) is 0 Å².